The van der Waals surface area contributed by atoms with Gasteiger partial charge >= 0.3 is 0 Å². The highest BCUT2D eigenvalue weighted by Crippen LogP contribution is 2.19. The fraction of sp³-hybridized carbons (Fsp3) is 0. The molecule has 2 rings (SSSR count). The van der Waals surface area contributed by atoms with Crippen molar-refractivity contribution in [2.75, 3.05) is 5.32 Å². The van der Waals surface area contributed by atoms with Crippen LogP contribution in [0, 0.1) is 0 Å². The number of hydrogen-bond acceptors (Lipinski definition) is 4. The topological polar surface area (TPSA) is 80.9 Å². The molecule has 5 nitrogen and oxygen atoms in total. The first kappa shape index (κ1) is 11.3. The number of rotatable bonds is 3. The van der Waals surface area contributed by atoms with Crippen LogP contribution in [0.25, 0.3) is 0 Å². The molecule has 0 saturated carbocycles. The first-order chi connectivity index (χ1) is 8.16. The zero-order valence-electron chi connectivity index (χ0n) is 8.72. The van der Waals surface area contributed by atoms with Gasteiger partial charge in [-0.15, -0.1) is 0 Å². The van der Waals surface area contributed by atoms with Crippen LogP contribution in [-0.2, 0) is 0 Å². The Bertz CT molecular complexity index is 559. The Balaban J connectivity index is 2.33. The van der Waals surface area contributed by atoms with Crippen molar-refractivity contribution in [1.82, 2.24) is 9.97 Å². The van der Waals surface area contributed by atoms with Crippen molar-refractivity contribution >= 4 is 29.0 Å². The van der Waals surface area contributed by atoms with E-state index in [9.17, 15) is 4.79 Å². The molecular formula is C11H9ClN4O. The molecule has 1 aromatic heterocycles. The van der Waals surface area contributed by atoms with Gasteiger partial charge in [-0.1, -0.05) is 12.1 Å². The van der Waals surface area contributed by atoms with E-state index in [0.717, 1.165) is 0 Å². The van der Waals surface area contributed by atoms with E-state index < -0.39 is 5.91 Å². The number of para-hydroxylation sites is 1. The van der Waals surface area contributed by atoms with Crippen molar-refractivity contribution in [1.29, 1.82) is 0 Å². The Morgan fingerprint density at radius 2 is 2.06 bits per heavy atom. The molecule has 0 unspecified atom stereocenters. The third-order valence-electron chi connectivity index (χ3n) is 2.08. The standard InChI is InChI=1S/C11H9ClN4O/c12-11-14-6-5-9(16-11)15-8-4-2-1-3-7(8)10(13)17/h1-6H,(H2,13,17)(H,14,15,16). The largest absolute Gasteiger partial charge is 0.366 e. The average Bonchev–Trinajstić information content (AvgIpc) is 2.29. The molecule has 0 atom stereocenters. The lowest BCUT2D eigenvalue weighted by Crippen LogP contribution is -2.13. The number of primary amides is 1. The van der Waals surface area contributed by atoms with Crippen molar-refractivity contribution in [2.24, 2.45) is 5.73 Å². The molecule has 0 bridgehead atoms. The maximum atomic E-state index is 11.2. The van der Waals surface area contributed by atoms with E-state index in [4.69, 9.17) is 17.3 Å². The van der Waals surface area contributed by atoms with E-state index >= 15 is 0 Å². The van der Waals surface area contributed by atoms with Crippen LogP contribution in [0.5, 0.6) is 0 Å². The van der Waals surface area contributed by atoms with Gasteiger partial charge in [0.2, 0.25) is 5.28 Å². The predicted octanol–water partition coefficient (Wildman–Crippen LogP) is 1.97. The van der Waals surface area contributed by atoms with Crippen LogP contribution >= 0.6 is 11.6 Å². The molecule has 0 aliphatic rings. The number of halogens is 1. The van der Waals surface area contributed by atoms with E-state index in [1.54, 1.807) is 30.3 Å². The molecule has 6 heteroatoms. The molecule has 0 spiro atoms. The summed E-state index contributed by atoms with van der Waals surface area (Å²) in [7, 11) is 0. The fourth-order valence-electron chi connectivity index (χ4n) is 1.35. The lowest BCUT2D eigenvalue weighted by molar-refractivity contribution is 0.100. The second kappa shape index (κ2) is 4.80. The molecule has 0 radical (unpaired) electrons. The van der Waals surface area contributed by atoms with Gasteiger partial charge < -0.3 is 11.1 Å². The van der Waals surface area contributed by atoms with Crippen LogP contribution in [0.3, 0.4) is 0 Å². The smallest absolute Gasteiger partial charge is 0.250 e. The Labute approximate surface area is 103 Å². The number of carbonyl (C=O) groups is 1. The van der Waals surface area contributed by atoms with Crippen molar-refractivity contribution in [3.05, 3.63) is 47.4 Å². The quantitative estimate of drug-likeness (QED) is 0.814. The molecule has 0 fully saturated rings. The molecule has 0 aliphatic heterocycles. The zero-order chi connectivity index (χ0) is 12.3. The van der Waals surface area contributed by atoms with Gasteiger partial charge in [-0.3, -0.25) is 4.79 Å². The van der Waals surface area contributed by atoms with Gasteiger partial charge in [-0.25, -0.2) is 9.97 Å². The Morgan fingerprint density at radius 1 is 1.29 bits per heavy atom. The average molecular weight is 249 g/mol. The van der Waals surface area contributed by atoms with Gasteiger partial charge in [0.1, 0.15) is 5.82 Å². The minimum atomic E-state index is -0.506. The molecule has 17 heavy (non-hydrogen) atoms. The summed E-state index contributed by atoms with van der Waals surface area (Å²) in [6, 6.07) is 8.53. The van der Waals surface area contributed by atoms with E-state index in [0.29, 0.717) is 17.1 Å². The van der Waals surface area contributed by atoms with Crippen LogP contribution in [0.2, 0.25) is 5.28 Å². The molecule has 0 aliphatic carbocycles. The first-order valence-corrected chi connectivity index (χ1v) is 5.19. The number of aromatic nitrogens is 2. The number of benzene rings is 1. The molecule has 86 valence electrons. The Morgan fingerprint density at radius 3 is 2.76 bits per heavy atom. The Hall–Kier alpha value is -2.14. The summed E-state index contributed by atoms with van der Waals surface area (Å²) in [4.78, 5) is 18.9. The third-order valence-corrected chi connectivity index (χ3v) is 2.26. The van der Waals surface area contributed by atoms with Crippen LogP contribution in [-0.4, -0.2) is 15.9 Å². The summed E-state index contributed by atoms with van der Waals surface area (Å²) < 4.78 is 0. The summed E-state index contributed by atoms with van der Waals surface area (Å²) in [6.07, 6.45) is 1.52. The number of carbonyl (C=O) groups excluding carboxylic acids is 1. The van der Waals surface area contributed by atoms with Crippen LogP contribution in [0.4, 0.5) is 11.5 Å². The maximum absolute atomic E-state index is 11.2. The first-order valence-electron chi connectivity index (χ1n) is 4.81. The summed E-state index contributed by atoms with van der Waals surface area (Å²) >= 11 is 5.66. The molecule has 1 aromatic carbocycles. The van der Waals surface area contributed by atoms with Gasteiger partial charge in [0.05, 0.1) is 11.3 Å². The Kier molecular flexibility index (Phi) is 3.20. The minimum absolute atomic E-state index is 0.131. The zero-order valence-corrected chi connectivity index (χ0v) is 9.48. The lowest BCUT2D eigenvalue weighted by Gasteiger charge is -2.08. The lowest BCUT2D eigenvalue weighted by atomic mass is 10.1. The monoisotopic (exact) mass is 248 g/mol. The highest BCUT2D eigenvalue weighted by Gasteiger charge is 2.07. The van der Waals surface area contributed by atoms with Crippen molar-refractivity contribution in [2.45, 2.75) is 0 Å². The van der Waals surface area contributed by atoms with Crippen LogP contribution in [0.1, 0.15) is 10.4 Å². The number of anilines is 2. The number of amides is 1. The molecule has 1 amide bonds. The van der Waals surface area contributed by atoms with Gasteiger partial charge in [-0.2, -0.15) is 0 Å². The normalized spacial score (nSPS) is 9.94. The number of nitrogens with zero attached hydrogens (tertiary/aromatic N) is 2. The van der Waals surface area contributed by atoms with E-state index in [1.807, 2.05) is 0 Å². The van der Waals surface area contributed by atoms with Gasteiger partial charge in [0.15, 0.2) is 0 Å². The molecule has 2 aromatic rings. The third kappa shape index (κ3) is 2.70. The fourth-order valence-corrected chi connectivity index (χ4v) is 1.50. The second-order valence-electron chi connectivity index (χ2n) is 3.25. The van der Waals surface area contributed by atoms with Crippen molar-refractivity contribution < 1.29 is 4.79 Å². The molecule has 3 N–H and O–H groups in total. The highest BCUT2D eigenvalue weighted by atomic mass is 35.5. The van der Waals surface area contributed by atoms with E-state index in [2.05, 4.69) is 15.3 Å². The predicted molar refractivity (Wildman–Crippen MR) is 65.3 cm³/mol. The van der Waals surface area contributed by atoms with Crippen LogP contribution < -0.4 is 11.1 Å². The summed E-state index contributed by atoms with van der Waals surface area (Å²) in [5.41, 5.74) is 6.23. The number of hydrogen-bond donors (Lipinski definition) is 2. The summed E-state index contributed by atoms with van der Waals surface area (Å²) in [5, 5.41) is 3.09. The van der Waals surface area contributed by atoms with Gasteiger partial charge in [0.25, 0.3) is 5.91 Å². The summed E-state index contributed by atoms with van der Waals surface area (Å²) in [6.45, 7) is 0. The highest BCUT2D eigenvalue weighted by molar-refractivity contribution is 6.28. The number of nitrogens with two attached hydrogens (primary N) is 1. The maximum Gasteiger partial charge on any atom is 0.250 e. The second-order valence-corrected chi connectivity index (χ2v) is 3.58. The van der Waals surface area contributed by atoms with E-state index in [-0.39, 0.29) is 5.28 Å². The van der Waals surface area contributed by atoms with Crippen molar-refractivity contribution in [3.63, 3.8) is 0 Å². The SMILES string of the molecule is NC(=O)c1ccccc1Nc1ccnc(Cl)n1. The number of nitrogens with one attached hydrogen (secondary N) is 1. The van der Waals surface area contributed by atoms with Gasteiger partial charge in [0, 0.05) is 6.20 Å². The van der Waals surface area contributed by atoms with Crippen molar-refractivity contribution in [3.8, 4) is 0 Å². The van der Waals surface area contributed by atoms with Gasteiger partial charge in [-0.05, 0) is 29.8 Å². The summed E-state index contributed by atoms with van der Waals surface area (Å²) in [5.74, 6) is -0.00745. The van der Waals surface area contributed by atoms with Crippen LogP contribution in [0.15, 0.2) is 36.5 Å². The molecular weight excluding hydrogens is 240 g/mol. The molecule has 0 saturated heterocycles. The minimum Gasteiger partial charge on any atom is -0.366 e. The van der Waals surface area contributed by atoms with E-state index in [1.165, 1.54) is 6.20 Å². The molecule has 1 heterocycles.